The largest absolute Gasteiger partial charge is 0.368 e. The minimum atomic E-state index is -0.847. The van der Waals surface area contributed by atoms with E-state index < -0.39 is 17.5 Å². The van der Waals surface area contributed by atoms with Gasteiger partial charge in [0, 0.05) is 18.2 Å². The van der Waals surface area contributed by atoms with Gasteiger partial charge in [-0.1, -0.05) is 6.92 Å². The van der Waals surface area contributed by atoms with Crippen LogP contribution in [0.5, 0.6) is 0 Å². The van der Waals surface area contributed by atoms with Gasteiger partial charge in [-0.05, 0) is 25.5 Å². The molecule has 0 aliphatic heterocycles. The normalized spacial score (nSPS) is 11.8. The van der Waals surface area contributed by atoms with Crippen molar-refractivity contribution in [3.8, 4) is 0 Å². The highest BCUT2D eigenvalue weighted by Crippen LogP contribution is 2.16. The Bertz CT molecular complexity index is 678. The third-order valence-electron chi connectivity index (χ3n) is 3.09. The number of nitrogens with zero attached hydrogens (tertiary/aromatic N) is 2. The molecule has 1 amide bonds. The van der Waals surface area contributed by atoms with E-state index in [0.29, 0.717) is 11.9 Å². The lowest BCUT2D eigenvalue weighted by Crippen LogP contribution is -2.18. The summed E-state index contributed by atoms with van der Waals surface area (Å²) in [5.41, 5.74) is -0.0222. The number of carbonyl (C=O) groups excluding carboxylic acids is 1. The predicted octanol–water partition coefficient (Wildman–Crippen LogP) is 3.22. The van der Waals surface area contributed by atoms with Crippen LogP contribution in [0.1, 0.15) is 30.8 Å². The fourth-order valence-corrected chi connectivity index (χ4v) is 1.69. The third-order valence-corrected chi connectivity index (χ3v) is 3.09. The molecule has 1 aromatic carbocycles. The van der Waals surface area contributed by atoms with Crippen LogP contribution < -0.4 is 10.6 Å². The molecule has 0 saturated carbocycles. The smallest absolute Gasteiger partial charge is 0.274 e. The Morgan fingerprint density at radius 3 is 2.73 bits per heavy atom. The zero-order chi connectivity index (χ0) is 16.1. The minimum Gasteiger partial charge on any atom is -0.368 e. The second-order valence-corrected chi connectivity index (χ2v) is 4.82. The monoisotopic (exact) mass is 306 g/mol. The highest BCUT2D eigenvalue weighted by atomic mass is 19.1. The lowest BCUT2D eigenvalue weighted by atomic mass is 10.2. The molecule has 0 aliphatic rings. The SMILES string of the molecule is CCC(C)Nc1cc(C(=O)Nc2ccc(F)cc2F)ncn1. The summed E-state index contributed by atoms with van der Waals surface area (Å²) >= 11 is 0. The van der Waals surface area contributed by atoms with E-state index in [9.17, 15) is 13.6 Å². The number of hydrogen-bond acceptors (Lipinski definition) is 4. The summed E-state index contributed by atoms with van der Waals surface area (Å²) in [6.07, 6.45) is 2.15. The standard InChI is InChI=1S/C15H16F2N4O/c1-3-9(2)20-14-7-13(18-8-19-14)15(22)21-12-5-4-10(16)6-11(12)17/h4-9H,3H2,1-2H3,(H,21,22)(H,18,19,20). The summed E-state index contributed by atoms with van der Waals surface area (Å²) in [5, 5.41) is 5.46. The topological polar surface area (TPSA) is 66.9 Å². The molecule has 116 valence electrons. The molecule has 1 atom stereocenters. The second kappa shape index (κ2) is 6.93. The van der Waals surface area contributed by atoms with Crippen molar-refractivity contribution in [1.82, 2.24) is 9.97 Å². The minimum absolute atomic E-state index is 0.0875. The first-order valence-electron chi connectivity index (χ1n) is 6.84. The van der Waals surface area contributed by atoms with E-state index in [1.54, 1.807) is 0 Å². The van der Waals surface area contributed by atoms with Crippen molar-refractivity contribution in [2.75, 3.05) is 10.6 Å². The molecule has 0 radical (unpaired) electrons. The maximum absolute atomic E-state index is 13.5. The van der Waals surface area contributed by atoms with Crippen LogP contribution in [-0.2, 0) is 0 Å². The molecule has 7 heteroatoms. The van der Waals surface area contributed by atoms with E-state index in [2.05, 4.69) is 20.6 Å². The number of hydrogen-bond donors (Lipinski definition) is 2. The van der Waals surface area contributed by atoms with Crippen LogP contribution in [0.15, 0.2) is 30.6 Å². The van der Waals surface area contributed by atoms with Gasteiger partial charge in [0.25, 0.3) is 5.91 Å². The molecule has 0 saturated heterocycles. The maximum atomic E-state index is 13.5. The fraction of sp³-hybridized carbons (Fsp3) is 0.267. The number of amides is 1. The Morgan fingerprint density at radius 1 is 1.27 bits per heavy atom. The van der Waals surface area contributed by atoms with Gasteiger partial charge in [0.2, 0.25) is 0 Å². The summed E-state index contributed by atoms with van der Waals surface area (Å²) < 4.78 is 26.4. The van der Waals surface area contributed by atoms with Gasteiger partial charge >= 0.3 is 0 Å². The van der Waals surface area contributed by atoms with Crippen LogP contribution in [0, 0.1) is 11.6 Å². The molecular formula is C15H16F2N4O. The van der Waals surface area contributed by atoms with E-state index in [0.717, 1.165) is 18.6 Å². The van der Waals surface area contributed by atoms with Crippen LogP contribution in [0.25, 0.3) is 0 Å². The van der Waals surface area contributed by atoms with Crippen molar-refractivity contribution in [2.24, 2.45) is 0 Å². The van der Waals surface area contributed by atoms with Crippen LogP contribution in [0.4, 0.5) is 20.3 Å². The van der Waals surface area contributed by atoms with Gasteiger partial charge in [-0.2, -0.15) is 0 Å². The summed E-state index contributed by atoms with van der Waals surface area (Å²) in [6, 6.07) is 4.59. The molecule has 1 heterocycles. The zero-order valence-corrected chi connectivity index (χ0v) is 12.2. The number of halogens is 2. The Labute approximate surface area is 126 Å². The van der Waals surface area contributed by atoms with E-state index >= 15 is 0 Å². The summed E-state index contributed by atoms with van der Waals surface area (Å²) in [4.78, 5) is 19.9. The Kier molecular flexibility index (Phi) is 4.98. The van der Waals surface area contributed by atoms with Gasteiger partial charge in [-0.25, -0.2) is 18.7 Å². The van der Waals surface area contributed by atoms with Crippen molar-refractivity contribution in [1.29, 1.82) is 0 Å². The molecule has 0 aliphatic carbocycles. The van der Waals surface area contributed by atoms with Crippen LogP contribution in [0.3, 0.4) is 0 Å². The molecule has 1 unspecified atom stereocenters. The van der Waals surface area contributed by atoms with Crippen molar-refractivity contribution in [3.05, 3.63) is 47.9 Å². The molecule has 0 spiro atoms. The van der Waals surface area contributed by atoms with Crippen molar-refractivity contribution in [2.45, 2.75) is 26.3 Å². The average Bonchev–Trinajstić information content (AvgIpc) is 2.50. The van der Waals surface area contributed by atoms with Crippen LogP contribution in [0.2, 0.25) is 0 Å². The summed E-state index contributed by atoms with van der Waals surface area (Å²) in [5.74, 6) is -1.65. The van der Waals surface area contributed by atoms with Gasteiger partial charge in [0.1, 0.15) is 29.5 Å². The van der Waals surface area contributed by atoms with Crippen LogP contribution in [-0.4, -0.2) is 21.9 Å². The number of nitrogens with one attached hydrogen (secondary N) is 2. The quantitative estimate of drug-likeness (QED) is 0.890. The molecular weight excluding hydrogens is 290 g/mol. The number of aromatic nitrogens is 2. The van der Waals surface area contributed by atoms with Gasteiger partial charge in [0.05, 0.1) is 5.69 Å². The average molecular weight is 306 g/mol. The zero-order valence-electron chi connectivity index (χ0n) is 12.2. The molecule has 22 heavy (non-hydrogen) atoms. The van der Waals surface area contributed by atoms with Crippen molar-refractivity contribution < 1.29 is 13.6 Å². The third kappa shape index (κ3) is 3.97. The summed E-state index contributed by atoms with van der Waals surface area (Å²) in [6.45, 7) is 4.00. The van der Waals surface area contributed by atoms with Gasteiger partial charge in [0.15, 0.2) is 0 Å². The number of anilines is 2. The molecule has 5 nitrogen and oxygen atoms in total. The van der Waals surface area contributed by atoms with E-state index in [1.807, 2.05) is 13.8 Å². The highest BCUT2D eigenvalue weighted by molar-refractivity contribution is 6.03. The van der Waals surface area contributed by atoms with Crippen molar-refractivity contribution >= 4 is 17.4 Å². The molecule has 2 rings (SSSR count). The second-order valence-electron chi connectivity index (χ2n) is 4.82. The van der Waals surface area contributed by atoms with Gasteiger partial charge in [-0.3, -0.25) is 4.79 Å². The summed E-state index contributed by atoms with van der Waals surface area (Å²) in [7, 11) is 0. The first-order chi connectivity index (χ1) is 10.5. The van der Waals surface area contributed by atoms with E-state index in [1.165, 1.54) is 12.4 Å². The predicted molar refractivity (Wildman–Crippen MR) is 79.7 cm³/mol. The molecule has 2 N–H and O–H groups in total. The van der Waals surface area contributed by atoms with Gasteiger partial charge in [-0.15, -0.1) is 0 Å². The molecule has 0 fully saturated rings. The number of rotatable bonds is 5. The van der Waals surface area contributed by atoms with Crippen molar-refractivity contribution in [3.63, 3.8) is 0 Å². The van der Waals surface area contributed by atoms with Crippen LogP contribution >= 0.6 is 0 Å². The lowest BCUT2D eigenvalue weighted by Gasteiger charge is -2.12. The number of benzene rings is 1. The molecule has 0 bridgehead atoms. The first-order valence-corrected chi connectivity index (χ1v) is 6.84. The Hall–Kier alpha value is -2.57. The Balaban J connectivity index is 2.14. The molecule has 1 aromatic heterocycles. The number of carbonyl (C=O) groups is 1. The molecule has 2 aromatic rings. The lowest BCUT2D eigenvalue weighted by molar-refractivity contribution is 0.102. The van der Waals surface area contributed by atoms with E-state index in [-0.39, 0.29) is 17.4 Å². The maximum Gasteiger partial charge on any atom is 0.274 e. The highest BCUT2D eigenvalue weighted by Gasteiger charge is 2.12. The van der Waals surface area contributed by atoms with Gasteiger partial charge < -0.3 is 10.6 Å². The Morgan fingerprint density at radius 2 is 2.05 bits per heavy atom. The van der Waals surface area contributed by atoms with E-state index in [4.69, 9.17) is 0 Å². The first kappa shape index (κ1) is 15.8. The fourth-order valence-electron chi connectivity index (χ4n) is 1.69.